The summed E-state index contributed by atoms with van der Waals surface area (Å²) in [6.45, 7) is 5.86. The number of carbonyl (C=O) groups is 12. The monoisotopic (exact) mass is 1930 g/mol. The second kappa shape index (κ2) is 45.8. The van der Waals surface area contributed by atoms with Gasteiger partial charge in [0.15, 0.2) is 67.7 Å². The van der Waals surface area contributed by atoms with Gasteiger partial charge in [-0.05, 0) is 151 Å². The standard InChI is InChI=1S/C100H94Cl3NO32/c1-57(105)121-75-72(134-94(136-95(104)100(101,102)103)81(75)135-97(116)99(5,6)7)70(56-120-96(115)98(2,3)4)125-93-80(131-90(114)66-51-33-16-34-52-66)77(128-87(111)63-45-27-13-28-46-63)73(133-93)69(124-92-78(129-88(112)64-47-29-14-30-48-64)74(126-85(109)61-41-23-11-24-42-61)68(123-92)54-118-83(107)59-37-19-9-20-38-59)55-119-91-79(130-89(113)65-49-31-15-32-50-65)76(127-86(110)62-43-25-12-26-44-62)71(132-91)67(122-84(108)60-39-21-10-22-40-60)53-117-82(106)58-35-17-8-18-36-58/h8-52,67-81,91-94,104H,53-56H2,1-7H3/t67-,68-,69-,70-,71+,72+,73+,74-,75+,76+,77+,78+,79-,80-,81-,91-,92-,93-,94+/m1/s1. The molecule has 0 spiro atoms. The minimum Gasteiger partial charge on any atom is -0.462 e. The number of halogens is 3. The third-order valence-corrected chi connectivity index (χ3v) is 21.7. The summed E-state index contributed by atoms with van der Waals surface area (Å²) in [5.74, 6) is -14.0. The molecule has 33 nitrogen and oxygen atoms in total. The van der Waals surface area contributed by atoms with Crippen molar-refractivity contribution in [3.63, 3.8) is 0 Å². The third kappa shape index (κ3) is 26.2. The van der Waals surface area contributed by atoms with Gasteiger partial charge in [-0.25, -0.2) is 43.2 Å². The SMILES string of the molecule is CC(=O)O[C@H]1[C@H]([C@@H](COC(=O)C(C)(C)C)O[C@@H]2O[C@@H]([C@@H](CO[C@@H]3O[C@@H]([C@@H](COC(=O)c4ccccc4)OC(=O)c4ccccc4)[C@H](OC(=O)c4ccccc4)[C@H]3OC(=O)c3ccccc3)O[C@H]3O[C@H](COC(=O)c4ccccc4)[C@@H](OC(=O)c4ccccc4)[C@@H]3OC(=O)c3ccccc3)[C@H](OC(=O)c3ccccc3)[C@H]2OC(=O)c2ccccc2)O[C@@H](OC(=N)C(Cl)(Cl)Cl)[C@@H]1OC(=O)C(C)(C)C. The largest absolute Gasteiger partial charge is 0.462 e. The molecule has 4 saturated heterocycles. The van der Waals surface area contributed by atoms with Crippen molar-refractivity contribution in [1.29, 1.82) is 5.41 Å². The summed E-state index contributed by atoms with van der Waals surface area (Å²) in [7, 11) is 0. The molecule has 0 saturated carbocycles. The second-order valence-electron chi connectivity index (χ2n) is 33.3. The maximum absolute atomic E-state index is 15.6. The molecule has 36 heteroatoms. The Morgan fingerprint density at radius 1 is 0.294 bits per heavy atom. The van der Waals surface area contributed by atoms with Crippen LogP contribution in [0, 0.1) is 16.2 Å². The number of alkyl halides is 3. The summed E-state index contributed by atoms with van der Waals surface area (Å²) >= 11 is 18.7. The average molecular weight is 1930 g/mol. The molecule has 4 fully saturated rings. The Hall–Kier alpha value is -13.3. The van der Waals surface area contributed by atoms with E-state index in [0.717, 1.165) is 6.92 Å². The van der Waals surface area contributed by atoms with E-state index >= 15 is 24.0 Å². The zero-order valence-corrected chi connectivity index (χ0v) is 76.2. The minimum atomic E-state index is -2.67. The highest BCUT2D eigenvalue weighted by Gasteiger charge is 2.63. The van der Waals surface area contributed by atoms with Crippen LogP contribution >= 0.6 is 34.8 Å². The van der Waals surface area contributed by atoms with Crippen molar-refractivity contribution in [2.75, 3.05) is 26.4 Å². The molecule has 19 atom stereocenters. The first-order chi connectivity index (χ1) is 65.1. The van der Waals surface area contributed by atoms with Gasteiger partial charge in [-0.15, -0.1) is 0 Å². The van der Waals surface area contributed by atoms with Crippen LogP contribution in [-0.2, 0) is 109 Å². The predicted octanol–water partition coefficient (Wildman–Crippen LogP) is 13.8. The van der Waals surface area contributed by atoms with Crippen LogP contribution in [0.3, 0.4) is 0 Å². The van der Waals surface area contributed by atoms with Crippen molar-refractivity contribution in [3.05, 3.63) is 323 Å². The molecule has 0 unspecified atom stereocenters. The molecule has 136 heavy (non-hydrogen) atoms. The van der Waals surface area contributed by atoms with Crippen molar-refractivity contribution in [3.8, 4) is 0 Å². The maximum Gasteiger partial charge on any atom is 0.338 e. The van der Waals surface area contributed by atoms with Crippen LogP contribution in [0.4, 0.5) is 0 Å². The van der Waals surface area contributed by atoms with E-state index in [1.807, 2.05) is 0 Å². The van der Waals surface area contributed by atoms with Gasteiger partial charge in [0, 0.05) is 6.92 Å². The minimum absolute atomic E-state index is 0.0243. The molecule has 1 N–H and O–H groups in total. The molecule has 712 valence electrons. The van der Waals surface area contributed by atoms with Gasteiger partial charge in [0.1, 0.15) is 56.4 Å². The first-order valence-electron chi connectivity index (χ1n) is 42.8. The number of hydrogen-bond donors (Lipinski definition) is 1. The molecule has 0 aromatic heterocycles. The van der Waals surface area contributed by atoms with Gasteiger partial charge in [0.25, 0.3) is 3.79 Å². The highest BCUT2D eigenvalue weighted by Crippen LogP contribution is 2.43. The molecule has 4 aliphatic rings. The van der Waals surface area contributed by atoms with Gasteiger partial charge >= 0.3 is 71.6 Å². The predicted molar refractivity (Wildman–Crippen MR) is 478 cm³/mol. The van der Waals surface area contributed by atoms with E-state index in [0.29, 0.717) is 0 Å². The second-order valence-corrected chi connectivity index (χ2v) is 35.6. The number of hydrogen-bond acceptors (Lipinski definition) is 33. The van der Waals surface area contributed by atoms with Crippen LogP contribution in [-0.4, -0.2) is 224 Å². The summed E-state index contributed by atoms with van der Waals surface area (Å²) in [5.41, 5.74) is -3.45. The van der Waals surface area contributed by atoms with Crippen molar-refractivity contribution in [2.45, 2.75) is 169 Å². The lowest BCUT2D eigenvalue weighted by Gasteiger charge is -2.33. The summed E-state index contributed by atoms with van der Waals surface area (Å²) < 4.78 is 127. The number of nitrogens with one attached hydrogen (secondary N) is 1. The lowest BCUT2D eigenvalue weighted by molar-refractivity contribution is -0.270. The molecule has 0 amide bonds. The summed E-state index contributed by atoms with van der Waals surface area (Å²) in [5, 5.41) is 8.79. The van der Waals surface area contributed by atoms with Crippen LogP contribution in [0.15, 0.2) is 273 Å². The number of ether oxygens (including phenoxy) is 20. The van der Waals surface area contributed by atoms with E-state index in [9.17, 15) is 33.6 Å². The van der Waals surface area contributed by atoms with Crippen LogP contribution in [0.25, 0.3) is 0 Å². The van der Waals surface area contributed by atoms with Gasteiger partial charge in [-0.2, -0.15) is 0 Å². The molecule has 4 heterocycles. The zero-order valence-electron chi connectivity index (χ0n) is 74.0. The van der Waals surface area contributed by atoms with Crippen molar-refractivity contribution in [1.82, 2.24) is 0 Å². The van der Waals surface area contributed by atoms with E-state index in [-0.39, 0.29) is 50.1 Å². The van der Waals surface area contributed by atoms with Crippen LogP contribution in [0.1, 0.15) is 142 Å². The van der Waals surface area contributed by atoms with Crippen LogP contribution in [0.2, 0.25) is 0 Å². The molecule has 9 aromatic rings. The quantitative estimate of drug-likeness (QED) is 0.0127. The molecule has 0 radical (unpaired) electrons. The van der Waals surface area contributed by atoms with Crippen molar-refractivity contribution in [2.24, 2.45) is 10.8 Å². The van der Waals surface area contributed by atoms with Crippen molar-refractivity contribution < 1.29 is 152 Å². The van der Waals surface area contributed by atoms with Gasteiger partial charge in [0.2, 0.25) is 18.3 Å². The fourth-order valence-electron chi connectivity index (χ4n) is 14.4. The summed E-state index contributed by atoms with van der Waals surface area (Å²) in [6.07, 6.45) is -39.9. The highest BCUT2D eigenvalue weighted by atomic mass is 35.6. The summed E-state index contributed by atoms with van der Waals surface area (Å²) in [6, 6.07) is 66.9. The molecular formula is C100H94Cl3NO32. The van der Waals surface area contributed by atoms with Gasteiger partial charge < -0.3 is 94.7 Å². The molecule has 0 aliphatic carbocycles. The fraction of sp³-hybridized carbons (Fsp3) is 0.330. The first kappa shape index (κ1) is 100. The number of benzene rings is 9. The first-order valence-corrected chi connectivity index (χ1v) is 44.0. The Balaban J connectivity index is 1.02. The van der Waals surface area contributed by atoms with Gasteiger partial charge in [0.05, 0.1) is 67.5 Å². The fourth-order valence-corrected chi connectivity index (χ4v) is 14.5. The van der Waals surface area contributed by atoms with Gasteiger partial charge in [-0.3, -0.25) is 19.8 Å². The Morgan fingerprint density at radius 2 is 0.574 bits per heavy atom. The summed E-state index contributed by atoms with van der Waals surface area (Å²) in [4.78, 5) is 177. The van der Waals surface area contributed by atoms with Crippen LogP contribution < -0.4 is 0 Å². The lowest BCUT2D eigenvalue weighted by Crippen LogP contribution is -2.51. The topological polar surface area (TPSA) is 413 Å². The number of esters is 12. The van der Waals surface area contributed by atoms with Crippen LogP contribution in [0.5, 0.6) is 0 Å². The number of carbonyl (C=O) groups excluding carboxylic acids is 12. The van der Waals surface area contributed by atoms with Crippen molar-refractivity contribution >= 4 is 112 Å². The molecule has 13 rings (SSSR count). The van der Waals surface area contributed by atoms with E-state index < -0.39 is 235 Å². The Morgan fingerprint density at radius 3 is 0.941 bits per heavy atom. The normalized spacial score (nSPS) is 23.0. The Bertz CT molecular complexity index is 5630. The highest BCUT2D eigenvalue weighted by molar-refractivity contribution is 6.76. The van der Waals surface area contributed by atoms with E-state index in [1.54, 1.807) is 78.9 Å². The third-order valence-electron chi connectivity index (χ3n) is 21.2. The zero-order chi connectivity index (χ0) is 97.0. The molecule has 0 bridgehead atoms. The van der Waals surface area contributed by atoms with Gasteiger partial charge in [-0.1, -0.05) is 199 Å². The lowest BCUT2D eigenvalue weighted by atomic mass is 9.97. The molecule has 4 aliphatic heterocycles. The molecular weight excluding hydrogens is 1830 g/mol. The Labute approximate surface area is 794 Å². The van der Waals surface area contributed by atoms with E-state index in [1.165, 1.54) is 236 Å². The maximum atomic E-state index is 15.6. The van der Waals surface area contributed by atoms with E-state index in [4.69, 9.17) is 135 Å². The Kier molecular flexibility index (Phi) is 33.7. The smallest absolute Gasteiger partial charge is 0.338 e. The number of rotatable bonds is 35. The van der Waals surface area contributed by atoms with E-state index in [2.05, 4.69) is 0 Å². The molecule has 9 aromatic carbocycles. The average Bonchev–Trinajstić information content (AvgIpc) is 1.60.